The number of hydrogen-bond donors (Lipinski definition) is 1. The zero-order valence-electron chi connectivity index (χ0n) is 11.1. The molecule has 1 aliphatic heterocycles. The highest BCUT2D eigenvalue weighted by Gasteiger charge is 2.27. The molecule has 1 saturated heterocycles. The summed E-state index contributed by atoms with van der Waals surface area (Å²) in [4.78, 5) is 13.1. The Hall–Kier alpha value is -1.07. The molecule has 0 aromatic heterocycles. The first-order valence-corrected chi connectivity index (χ1v) is 7.24. The second-order valence-electron chi connectivity index (χ2n) is 5.43. The average molecular weight is 283 g/mol. The molecule has 1 N–H and O–H groups in total. The minimum atomic E-state index is -1.02. The van der Waals surface area contributed by atoms with Crippen LogP contribution in [0.5, 0.6) is 0 Å². The molecule has 1 heterocycles. The summed E-state index contributed by atoms with van der Waals surface area (Å²) in [6.45, 7) is 6.61. The number of benzene rings is 1. The van der Waals surface area contributed by atoms with E-state index in [1.807, 2.05) is 11.8 Å². The van der Waals surface area contributed by atoms with E-state index in [-0.39, 0.29) is 16.1 Å². The summed E-state index contributed by atoms with van der Waals surface area (Å²) >= 11 is 1.92. The Morgan fingerprint density at radius 3 is 2.89 bits per heavy atom. The highest BCUT2D eigenvalue weighted by Crippen LogP contribution is 2.30. The zero-order valence-corrected chi connectivity index (χ0v) is 12.0. The maximum Gasteiger partial charge on any atom is 0.335 e. The molecule has 0 spiro atoms. The second kappa shape index (κ2) is 5.51. The quantitative estimate of drug-likeness (QED) is 0.926. The van der Waals surface area contributed by atoms with Crippen LogP contribution in [0.2, 0.25) is 0 Å². The number of carbonyl (C=O) groups is 1. The van der Waals surface area contributed by atoms with Crippen molar-refractivity contribution < 1.29 is 14.3 Å². The van der Waals surface area contributed by atoms with Gasteiger partial charge in [0.1, 0.15) is 5.82 Å². The monoisotopic (exact) mass is 283 g/mol. The van der Waals surface area contributed by atoms with Gasteiger partial charge in [-0.3, -0.25) is 4.90 Å². The van der Waals surface area contributed by atoms with Crippen LogP contribution in [0.25, 0.3) is 0 Å². The summed E-state index contributed by atoms with van der Waals surface area (Å²) in [5.74, 6) is -0.329. The smallest absolute Gasteiger partial charge is 0.335 e. The predicted octanol–water partition coefficient (Wildman–Crippen LogP) is 2.85. The lowest BCUT2D eigenvalue weighted by Crippen LogP contribution is -2.42. The van der Waals surface area contributed by atoms with E-state index in [2.05, 4.69) is 18.7 Å². The largest absolute Gasteiger partial charge is 0.478 e. The van der Waals surface area contributed by atoms with Gasteiger partial charge in [-0.15, -0.1) is 0 Å². The normalized spacial score (nSPS) is 19.3. The molecule has 0 saturated carbocycles. The minimum absolute atomic E-state index is 0.141. The molecule has 0 unspecified atom stereocenters. The van der Waals surface area contributed by atoms with E-state index in [0.717, 1.165) is 18.8 Å². The van der Waals surface area contributed by atoms with Crippen molar-refractivity contribution in [3.8, 4) is 0 Å². The van der Waals surface area contributed by atoms with E-state index < -0.39 is 5.97 Å². The van der Waals surface area contributed by atoms with Crippen LogP contribution in [-0.2, 0) is 6.54 Å². The van der Waals surface area contributed by atoms with E-state index >= 15 is 0 Å². The van der Waals surface area contributed by atoms with Gasteiger partial charge in [-0.2, -0.15) is 11.8 Å². The summed E-state index contributed by atoms with van der Waals surface area (Å²) in [7, 11) is 0. The van der Waals surface area contributed by atoms with E-state index in [1.54, 1.807) is 0 Å². The third-order valence-corrected chi connectivity index (χ3v) is 4.49. The van der Waals surface area contributed by atoms with Crippen molar-refractivity contribution in [2.24, 2.45) is 0 Å². The highest BCUT2D eigenvalue weighted by molar-refractivity contribution is 8.00. The summed E-state index contributed by atoms with van der Waals surface area (Å²) in [6.07, 6.45) is 0. The number of nitrogens with zero attached hydrogens (tertiary/aromatic N) is 1. The van der Waals surface area contributed by atoms with E-state index in [9.17, 15) is 9.18 Å². The van der Waals surface area contributed by atoms with Crippen molar-refractivity contribution in [1.82, 2.24) is 4.90 Å². The first-order valence-electron chi connectivity index (χ1n) is 6.25. The Morgan fingerprint density at radius 1 is 1.53 bits per heavy atom. The molecule has 1 aliphatic rings. The van der Waals surface area contributed by atoms with Gasteiger partial charge in [-0.05, 0) is 32.0 Å². The van der Waals surface area contributed by atoms with Crippen molar-refractivity contribution in [1.29, 1.82) is 0 Å². The number of carboxylic acids is 1. The van der Waals surface area contributed by atoms with Gasteiger partial charge in [-0.25, -0.2) is 9.18 Å². The first-order chi connectivity index (χ1) is 8.87. The number of aromatic carboxylic acids is 1. The van der Waals surface area contributed by atoms with Crippen molar-refractivity contribution in [3.05, 3.63) is 35.1 Å². The second-order valence-corrected chi connectivity index (χ2v) is 7.23. The lowest BCUT2D eigenvalue weighted by atomic mass is 10.1. The van der Waals surface area contributed by atoms with Crippen LogP contribution in [-0.4, -0.2) is 39.6 Å². The van der Waals surface area contributed by atoms with Gasteiger partial charge >= 0.3 is 5.97 Å². The molecule has 1 aromatic carbocycles. The Balaban J connectivity index is 2.14. The molecule has 1 aromatic rings. The maximum atomic E-state index is 13.8. The molecule has 0 radical (unpaired) electrons. The van der Waals surface area contributed by atoms with Crippen molar-refractivity contribution in [2.75, 3.05) is 18.8 Å². The topological polar surface area (TPSA) is 40.5 Å². The molecule has 0 atom stereocenters. The number of carboxylic acid groups (broad SMARTS) is 1. The Labute approximate surface area is 116 Å². The van der Waals surface area contributed by atoms with Crippen LogP contribution in [0.4, 0.5) is 4.39 Å². The van der Waals surface area contributed by atoms with Gasteiger partial charge in [0.2, 0.25) is 0 Å². The molecule has 0 aliphatic carbocycles. The van der Waals surface area contributed by atoms with Crippen LogP contribution >= 0.6 is 11.8 Å². The summed E-state index contributed by atoms with van der Waals surface area (Å²) in [5.41, 5.74) is 0.602. The zero-order chi connectivity index (χ0) is 14.0. The van der Waals surface area contributed by atoms with Gasteiger partial charge in [-0.1, -0.05) is 0 Å². The molecule has 3 nitrogen and oxygen atoms in total. The van der Waals surface area contributed by atoms with Crippen molar-refractivity contribution in [2.45, 2.75) is 25.1 Å². The molecule has 0 bridgehead atoms. The Bertz CT molecular complexity index is 490. The summed E-state index contributed by atoms with van der Waals surface area (Å²) < 4.78 is 13.9. The molecule has 5 heteroatoms. The van der Waals surface area contributed by atoms with Crippen molar-refractivity contribution >= 4 is 17.7 Å². The third kappa shape index (κ3) is 3.70. The van der Waals surface area contributed by atoms with Gasteiger partial charge in [0, 0.05) is 35.7 Å². The Kier molecular flexibility index (Phi) is 4.16. The predicted molar refractivity (Wildman–Crippen MR) is 75.2 cm³/mol. The van der Waals surface area contributed by atoms with E-state index in [0.29, 0.717) is 12.1 Å². The van der Waals surface area contributed by atoms with E-state index in [1.165, 1.54) is 18.2 Å². The van der Waals surface area contributed by atoms with Gasteiger partial charge in [0.25, 0.3) is 0 Å². The van der Waals surface area contributed by atoms with Gasteiger partial charge in [0.15, 0.2) is 0 Å². The van der Waals surface area contributed by atoms with Gasteiger partial charge in [0.05, 0.1) is 5.56 Å². The first kappa shape index (κ1) is 14.3. The molecular formula is C14H18FNO2S. The molecule has 2 rings (SSSR count). The Morgan fingerprint density at radius 2 is 2.26 bits per heavy atom. The van der Waals surface area contributed by atoms with Gasteiger partial charge < -0.3 is 5.11 Å². The van der Waals surface area contributed by atoms with Crippen molar-refractivity contribution in [3.63, 3.8) is 0 Å². The maximum absolute atomic E-state index is 13.8. The fraction of sp³-hybridized carbons (Fsp3) is 0.500. The van der Waals surface area contributed by atoms with Crippen LogP contribution in [0.3, 0.4) is 0 Å². The van der Waals surface area contributed by atoms with Crippen LogP contribution < -0.4 is 0 Å². The molecule has 1 fully saturated rings. The molecule has 104 valence electrons. The number of hydrogen-bond acceptors (Lipinski definition) is 3. The third-order valence-electron chi connectivity index (χ3n) is 3.19. The fourth-order valence-electron chi connectivity index (χ4n) is 2.32. The molecule has 0 amide bonds. The lowest BCUT2D eigenvalue weighted by molar-refractivity contribution is 0.0696. The lowest BCUT2D eigenvalue weighted by Gasteiger charge is -2.37. The van der Waals surface area contributed by atoms with Crippen LogP contribution in [0, 0.1) is 5.82 Å². The van der Waals surface area contributed by atoms with Crippen LogP contribution in [0.1, 0.15) is 29.8 Å². The molecule has 19 heavy (non-hydrogen) atoms. The van der Waals surface area contributed by atoms with E-state index in [4.69, 9.17) is 5.11 Å². The number of halogens is 1. The summed E-state index contributed by atoms with van der Waals surface area (Å²) in [6, 6.07) is 3.98. The molecular weight excluding hydrogens is 265 g/mol. The fourth-order valence-corrected chi connectivity index (χ4v) is 3.49. The highest BCUT2D eigenvalue weighted by atomic mass is 32.2. The standard InChI is InChI=1S/C14H18FNO2S/c1-14(2)9-16(5-6-19-14)8-11-7-10(13(17)18)3-4-12(11)15/h3-4,7H,5-6,8-9H2,1-2H3,(H,17,18). The SMILES string of the molecule is CC1(C)CN(Cc2cc(C(=O)O)ccc2F)CCS1. The average Bonchev–Trinajstić information content (AvgIpc) is 2.30. The van der Waals surface area contributed by atoms with Crippen LogP contribution in [0.15, 0.2) is 18.2 Å². The minimum Gasteiger partial charge on any atom is -0.478 e. The number of rotatable bonds is 3. The number of thioether (sulfide) groups is 1. The summed E-state index contributed by atoms with van der Waals surface area (Å²) in [5, 5.41) is 8.95.